The van der Waals surface area contributed by atoms with E-state index in [2.05, 4.69) is 15.9 Å². The van der Waals surface area contributed by atoms with Crippen LogP contribution in [-0.2, 0) is 4.74 Å². The van der Waals surface area contributed by atoms with Crippen LogP contribution in [0, 0.1) is 0 Å². The Morgan fingerprint density at radius 1 is 1.43 bits per heavy atom. The Bertz CT molecular complexity index is 288. The molecule has 3 heteroatoms. The highest BCUT2D eigenvalue weighted by molar-refractivity contribution is 9.10. The van der Waals surface area contributed by atoms with Crippen LogP contribution in [0.5, 0.6) is 0 Å². The van der Waals surface area contributed by atoms with E-state index in [1.54, 1.807) is 0 Å². The van der Waals surface area contributed by atoms with Gasteiger partial charge in [-0.05, 0) is 31.5 Å². The lowest BCUT2D eigenvalue weighted by Gasteiger charge is -2.19. The van der Waals surface area contributed by atoms with Crippen molar-refractivity contribution in [1.82, 2.24) is 0 Å². The van der Waals surface area contributed by atoms with Gasteiger partial charge in [-0.15, -0.1) is 0 Å². The number of rotatable bonds is 4. The summed E-state index contributed by atoms with van der Waals surface area (Å²) in [5.74, 6) is 0. The first kappa shape index (κ1) is 11.7. The summed E-state index contributed by atoms with van der Waals surface area (Å²) in [5, 5.41) is 0. The van der Waals surface area contributed by atoms with Gasteiger partial charge in [-0.2, -0.15) is 0 Å². The van der Waals surface area contributed by atoms with Gasteiger partial charge in [0.15, 0.2) is 0 Å². The van der Waals surface area contributed by atoms with E-state index in [1.807, 2.05) is 38.1 Å². The van der Waals surface area contributed by atoms with Gasteiger partial charge in [0.25, 0.3) is 0 Å². The van der Waals surface area contributed by atoms with Gasteiger partial charge in [0.1, 0.15) is 0 Å². The van der Waals surface area contributed by atoms with Gasteiger partial charge in [-0.1, -0.05) is 28.1 Å². The molecule has 0 aliphatic carbocycles. The molecular weight excluding hydrogens is 242 g/mol. The molecule has 0 fully saturated rings. The molecule has 0 amide bonds. The maximum atomic E-state index is 5.69. The third kappa shape index (κ3) is 3.40. The van der Waals surface area contributed by atoms with Crippen LogP contribution >= 0.6 is 15.9 Å². The summed E-state index contributed by atoms with van der Waals surface area (Å²) in [6.45, 7) is 4.54. The predicted octanol–water partition coefficient (Wildman–Crippen LogP) is 2.87. The first-order valence-corrected chi connectivity index (χ1v) is 5.53. The lowest BCUT2D eigenvalue weighted by atomic mass is 10.1. The molecule has 0 saturated carbocycles. The molecule has 0 spiro atoms. The fourth-order valence-corrected chi connectivity index (χ4v) is 1.72. The summed E-state index contributed by atoms with van der Waals surface area (Å²) < 4.78 is 6.75. The lowest BCUT2D eigenvalue weighted by molar-refractivity contribution is 0.0119. The van der Waals surface area contributed by atoms with Crippen molar-refractivity contribution in [1.29, 1.82) is 0 Å². The van der Waals surface area contributed by atoms with E-state index < -0.39 is 0 Å². The molecule has 2 N–H and O–H groups in total. The lowest BCUT2D eigenvalue weighted by Crippen LogP contribution is -2.19. The average molecular weight is 258 g/mol. The van der Waals surface area contributed by atoms with Crippen molar-refractivity contribution in [3.63, 3.8) is 0 Å². The second-order valence-electron chi connectivity index (χ2n) is 3.46. The molecule has 0 aliphatic rings. The zero-order valence-corrected chi connectivity index (χ0v) is 10.1. The number of halogens is 1. The Kier molecular flexibility index (Phi) is 4.58. The number of hydrogen-bond acceptors (Lipinski definition) is 2. The molecule has 0 bridgehead atoms. The van der Waals surface area contributed by atoms with Crippen molar-refractivity contribution < 1.29 is 4.74 Å². The first-order chi connectivity index (χ1) is 6.63. The zero-order valence-electron chi connectivity index (χ0n) is 8.53. The van der Waals surface area contributed by atoms with Crippen molar-refractivity contribution >= 4 is 15.9 Å². The normalized spacial score (nSPS) is 13.2. The summed E-state index contributed by atoms with van der Waals surface area (Å²) in [6, 6.07) is 8.06. The zero-order chi connectivity index (χ0) is 10.6. The molecule has 0 unspecified atom stereocenters. The third-order valence-electron chi connectivity index (χ3n) is 1.87. The van der Waals surface area contributed by atoms with E-state index >= 15 is 0 Å². The minimum Gasteiger partial charge on any atom is -0.370 e. The maximum absolute atomic E-state index is 5.69. The van der Waals surface area contributed by atoms with Crippen molar-refractivity contribution in [2.45, 2.75) is 26.1 Å². The Hall–Kier alpha value is -0.380. The van der Waals surface area contributed by atoms with Crippen molar-refractivity contribution in [2.75, 3.05) is 6.54 Å². The van der Waals surface area contributed by atoms with E-state index in [0.717, 1.165) is 10.0 Å². The van der Waals surface area contributed by atoms with Gasteiger partial charge in [0.2, 0.25) is 0 Å². The number of ether oxygens (including phenoxy) is 1. The Balaban J connectivity index is 2.78. The van der Waals surface area contributed by atoms with Crippen LogP contribution in [-0.4, -0.2) is 12.6 Å². The molecule has 1 atom stereocenters. The molecule has 0 radical (unpaired) electrons. The van der Waals surface area contributed by atoms with Crippen molar-refractivity contribution in [3.05, 3.63) is 34.3 Å². The van der Waals surface area contributed by atoms with Crippen LogP contribution in [0.3, 0.4) is 0 Å². The number of nitrogens with two attached hydrogens (primary N) is 1. The molecule has 14 heavy (non-hydrogen) atoms. The smallest absolute Gasteiger partial charge is 0.0950 e. The molecule has 1 aromatic carbocycles. The highest BCUT2D eigenvalue weighted by Crippen LogP contribution is 2.21. The molecule has 0 aromatic heterocycles. The molecule has 0 aliphatic heterocycles. The number of benzene rings is 1. The minimum atomic E-state index is -0.00694. The van der Waals surface area contributed by atoms with Gasteiger partial charge in [-0.3, -0.25) is 0 Å². The summed E-state index contributed by atoms with van der Waals surface area (Å²) in [4.78, 5) is 0. The molecule has 0 saturated heterocycles. The second-order valence-corrected chi connectivity index (χ2v) is 4.38. The molecule has 78 valence electrons. The van der Waals surface area contributed by atoms with Crippen LogP contribution in [0.15, 0.2) is 28.7 Å². The van der Waals surface area contributed by atoms with Gasteiger partial charge < -0.3 is 10.5 Å². The van der Waals surface area contributed by atoms with Crippen LogP contribution < -0.4 is 5.73 Å². The fourth-order valence-electron chi connectivity index (χ4n) is 1.31. The largest absolute Gasteiger partial charge is 0.370 e. The first-order valence-electron chi connectivity index (χ1n) is 4.74. The van der Waals surface area contributed by atoms with E-state index in [9.17, 15) is 0 Å². The third-order valence-corrected chi connectivity index (χ3v) is 2.36. The fraction of sp³-hybridized carbons (Fsp3) is 0.455. The monoisotopic (exact) mass is 257 g/mol. The standard InChI is InChI=1S/C11H16BrNO/c1-8(2)14-11(7-13)9-4-3-5-10(12)6-9/h3-6,8,11H,7,13H2,1-2H3/t11-/m0/s1. The highest BCUT2D eigenvalue weighted by Gasteiger charge is 2.11. The van der Waals surface area contributed by atoms with Gasteiger partial charge >= 0.3 is 0 Å². The van der Waals surface area contributed by atoms with Crippen molar-refractivity contribution in [3.8, 4) is 0 Å². The summed E-state index contributed by atoms with van der Waals surface area (Å²) >= 11 is 3.43. The topological polar surface area (TPSA) is 35.2 Å². The molecule has 1 rings (SSSR count). The van der Waals surface area contributed by atoms with E-state index in [1.165, 1.54) is 0 Å². The molecule has 0 heterocycles. The van der Waals surface area contributed by atoms with Crippen LogP contribution in [0.4, 0.5) is 0 Å². The predicted molar refractivity (Wildman–Crippen MR) is 62.2 cm³/mol. The maximum Gasteiger partial charge on any atom is 0.0950 e. The Morgan fingerprint density at radius 2 is 2.14 bits per heavy atom. The van der Waals surface area contributed by atoms with Crippen LogP contribution in [0.2, 0.25) is 0 Å². The SMILES string of the molecule is CC(C)O[C@@H](CN)c1cccc(Br)c1. The summed E-state index contributed by atoms with van der Waals surface area (Å²) in [6.07, 6.45) is 0.190. The van der Waals surface area contributed by atoms with Crippen LogP contribution in [0.25, 0.3) is 0 Å². The molecular formula is C11H16BrNO. The minimum absolute atomic E-state index is 0.00694. The van der Waals surface area contributed by atoms with Gasteiger partial charge in [-0.25, -0.2) is 0 Å². The number of hydrogen-bond donors (Lipinski definition) is 1. The van der Waals surface area contributed by atoms with Crippen molar-refractivity contribution in [2.24, 2.45) is 5.73 Å². The Labute approximate surface area is 93.6 Å². The molecule has 2 nitrogen and oxygen atoms in total. The quantitative estimate of drug-likeness (QED) is 0.901. The second kappa shape index (κ2) is 5.49. The van der Waals surface area contributed by atoms with E-state index in [4.69, 9.17) is 10.5 Å². The summed E-state index contributed by atoms with van der Waals surface area (Å²) in [5.41, 5.74) is 6.78. The van der Waals surface area contributed by atoms with Crippen LogP contribution in [0.1, 0.15) is 25.5 Å². The van der Waals surface area contributed by atoms with E-state index in [0.29, 0.717) is 6.54 Å². The summed E-state index contributed by atoms with van der Waals surface area (Å²) in [7, 11) is 0. The van der Waals surface area contributed by atoms with E-state index in [-0.39, 0.29) is 12.2 Å². The Morgan fingerprint density at radius 3 is 2.64 bits per heavy atom. The van der Waals surface area contributed by atoms with Gasteiger partial charge in [0.05, 0.1) is 12.2 Å². The molecule has 1 aromatic rings. The average Bonchev–Trinajstić information content (AvgIpc) is 2.14. The van der Waals surface area contributed by atoms with Gasteiger partial charge in [0, 0.05) is 11.0 Å². The highest BCUT2D eigenvalue weighted by atomic mass is 79.9.